The Balaban J connectivity index is 1.70. The fraction of sp³-hybridized carbons (Fsp3) is 0.391. The predicted molar refractivity (Wildman–Crippen MR) is 108 cm³/mol. The highest BCUT2D eigenvalue weighted by molar-refractivity contribution is 5.91. The van der Waals surface area contributed by atoms with Crippen molar-refractivity contribution < 1.29 is 33.3 Å². The van der Waals surface area contributed by atoms with Crippen LogP contribution in [0.3, 0.4) is 0 Å². The first-order valence-corrected chi connectivity index (χ1v) is 9.67. The van der Waals surface area contributed by atoms with Crippen molar-refractivity contribution in [2.75, 3.05) is 13.9 Å². The third-order valence-corrected chi connectivity index (χ3v) is 4.83. The molecule has 1 aliphatic rings. The van der Waals surface area contributed by atoms with E-state index in [-0.39, 0.29) is 6.79 Å². The van der Waals surface area contributed by atoms with Crippen LogP contribution in [0.25, 0.3) is 0 Å². The van der Waals surface area contributed by atoms with Crippen molar-refractivity contribution in [3.63, 3.8) is 0 Å². The van der Waals surface area contributed by atoms with Crippen molar-refractivity contribution in [1.29, 1.82) is 0 Å². The predicted octanol–water partition coefficient (Wildman–Crippen LogP) is 3.12. The van der Waals surface area contributed by atoms with Crippen LogP contribution < -0.4 is 0 Å². The number of cyclic esters (lactones) is 1. The van der Waals surface area contributed by atoms with Crippen molar-refractivity contribution >= 4 is 11.9 Å². The van der Waals surface area contributed by atoms with E-state index in [0.717, 1.165) is 5.56 Å². The summed E-state index contributed by atoms with van der Waals surface area (Å²) in [4.78, 5) is 25.1. The Bertz CT molecular complexity index is 835. The largest absolute Gasteiger partial charge is 0.454 e. The molecule has 0 bridgehead atoms. The minimum absolute atomic E-state index is 0.109. The lowest BCUT2D eigenvalue weighted by atomic mass is 9.90. The van der Waals surface area contributed by atoms with Gasteiger partial charge in [0, 0.05) is 7.11 Å². The molecule has 1 saturated heterocycles. The standard InChI is InChI=1S/C23H26O7/c1-23(2)20(26-3)18(28-15-27-14-16-10-6-4-7-11-16)19(22(25)30-23)29-21(24)17-12-8-5-9-13-17/h4-13,18-20H,14-15H2,1-3H3/t18-,19+,20+/m0/s1. The van der Waals surface area contributed by atoms with Crippen LogP contribution in [0.1, 0.15) is 29.8 Å². The van der Waals surface area contributed by atoms with Crippen LogP contribution in [0.4, 0.5) is 0 Å². The second kappa shape index (κ2) is 9.84. The van der Waals surface area contributed by atoms with E-state index in [9.17, 15) is 9.59 Å². The van der Waals surface area contributed by atoms with Crippen LogP contribution in [0.2, 0.25) is 0 Å². The molecule has 1 heterocycles. The highest BCUT2D eigenvalue weighted by Gasteiger charge is 2.53. The molecule has 0 unspecified atom stereocenters. The molecule has 1 aliphatic heterocycles. The number of carbonyl (C=O) groups is 2. The van der Waals surface area contributed by atoms with Gasteiger partial charge in [-0.15, -0.1) is 0 Å². The van der Waals surface area contributed by atoms with Gasteiger partial charge in [0.1, 0.15) is 24.6 Å². The summed E-state index contributed by atoms with van der Waals surface area (Å²) in [5.41, 5.74) is 0.342. The van der Waals surface area contributed by atoms with Gasteiger partial charge in [-0.3, -0.25) is 0 Å². The first-order valence-electron chi connectivity index (χ1n) is 9.67. The van der Waals surface area contributed by atoms with Crippen LogP contribution >= 0.6 is 0 Å². The molecule has 0 aromatic heterocycles. The van der Waals surface area contributed by atoms with Crippen molar-refractivity contribution in [1.82, 2.24) is 0 Å². The molecule has 0 saturated carbocycles. The summed E-state index contributed by atoms with van der Waals surface area (Å²) in [6, 6.07) is 18.0. The Hall–Kier alpha value is -2.74. The molecule has 0 spiro atoms. The highest BCUT2D eigenvalue weighted by atomic mass is 16.7. The molecule has 2 aromatic carbocycles. The van der Waals surface area contributed by atoms with Crippen LogP contribution in [0, 0.1) is 0 Å². The lowest BCUT2D eigenvalue weighted by Crippen LogP contribution is -2.63. The topological polar surface area (TPSA) is 80.3 Å². The maximum Gasteiger partial charge on any atom is 0.350 e. The summed E-state index contributed by atoms with van der Waals surface area (Å²) in [6.45, 7) is 3.67. The minimum Gasteiger partial charge on any atom is -0.454 e. The molecule has 3 atom stereocenters. The zero-order chi connectivity index (χ0) is 21.6. The number of benzene rings is 2. The number of hydrogen-bond donors (Lipinski definition) is 0. The molecule has 0 amide bonds. The van der Waals surface area contributed by atoms with Gasteiger partial charge >= 0.3 is 11.9 Å². The molecule has 0 radical (unpaired) electrons. The van der Waals surface area contributed by atoms with Gasteiger partial charge in [0.15, 0.2) is 0 Å². The zero-order valence-corrected chi connectivity index (χ0v) is 17.3. The quantitative estimate of drug-likeness (QED) is 0.373. The van der Waals surface area contributed by atoms with Crippen molar-refractivity contribution in [2.45, 2.75) is 44.4 Å². The second-order valence-corrected chi connectivity index (χ2v) is 7.46. The van der Waals surface area contributed by atoms with Gasteiger partial charge in [0.25, 0.3) is 0 Å². The number of rotatable bonds is 8. The number of hydrogen-bond acceptors (Lipinski definition) is 7. The van der Waals surface area contributed by atoms with Gasteiger partial charge in [-0.25, -0.2) is 9.59 Å². The number of ether oxygens (including phenoxy) is 5. The summed E-state index contributed by atoms with van der Waals surface area (Å²) in [6.07, 6.45) is -2.84. The Kier molecular flexibility index (Phi) is 7.20. The van der Waals surface area contributed by atoms with E-state index in [2.05, 4.69) is 0 Å². The normalized spacial score (nSPS) is 22.9. The maximum absolute atomic E-state index is 12.6. The van der Waals surface area contributed by atoms with Gasteiger partial charge in [0.2, 0.25) is 6.10 Å². The zero-order valence-electron chi connectivity index (χ0n) is 17.3. The van der Waals surface area contributed by atoms with Gasteiger partial charge < -0.3 is 23.7 Å². The smallest absolute Gasteiger partial charge is 0.350 e. The average Bonchev–Trinajstić information content (AvgIpc) is 2.74. The van der Waals surface area contributed by atoms with E-state index in [0.29, 0.717) is 12.2 Å². The van der Waals surface area contributed by atoms with Gasteiger partial charge in [-0.05, 0) is 31.5 Å². The number of carbonyl (C=O) groups excluding carboxylic acids is 2. The molecule has 2 aromatic rings. The van der Waals surface area contributed by atoms with Gasteiger partial charge in [0.05, 0.1) is 12.2 Å². The van der Waals surface area contributed by atoms with E-state index in [4.69, 9.17) is 23.7 Å². The van der Waals surface area contributed by atoms with Crippen LogP contribution in [-0.2, 0) is 35.1 Å². The van der Waals surface area contributed by atoms with Gasteiger partial charge in [-0.2, -0.15) is 0 Å². The summed E-state index contributed by atoms with van der Waals surface area (Å²) in [5.74, 6) is -1.34. The monoisotopic (exact) mass is 414 g/mol. The Morgan fingerprint density at radius 1 is 1.03 bits per heavy atom. The Morgan fingerprint density at radius 3 is 2.30 bits per heavy atom. The molecule has 160 valence electrons. The molecule has 0 N–H and O–H groups in total. The number of esters is 2. The van der Waals surface area contributed by atoms with Crippen molar-refractivity contribution in [3.8, 4) is 0 Å². The lowest BCUT2D eigenvalue weighted by molar-refractivity contribution is -0.249. The van der Waals surface area contributed by atoms with Crippen molar-refractivity contribution in [3.05, 3.63) is 71.8 Å². The van der Waals surface area contributed by atoms with Crippen molar-refractivity contribution in [2.24, 2.45) is 0 Å². The third kappa shape index (κ3) is 5.24. The third-order valence-electron chi connectivity index (χ3n) is 4.83. The first kappa shape index (κ1) is 22.0. The second-order valence-electron chi connectivity index (χ2n) is 7.46. The van der Waals surface area contributed by atoms with E-state index in [1.807, 2.05) is 30.3 Å². The summed E-state index contributed by atoms with van der Waals surface area (Å²) >= 11 is 0. The van der Waals surface area contributed by atoms with E-state index in [1.54, 1.807) is 44.2 Å². The van der Waals surface area contributed by atoms with Gasteiger partial charge in [-0.1, -0.05) is 48.5 Å². The Labute approximate surface area is 175 Å². The molecule has 1 fully saturated rings. The van der Waals surface area contributed by atoms with E-state index in [1.165, 1.54) is 7.11 Å². The summed E-state index contributed by atoms with van der Waals surface area (Å²) < 4.78 is 27.9. The SMILES string of the molecule is CO[C@@H]1[C@@H](OCOCc2ccccc2)[C@@H](OC(=O)c2ccccc2)C(=O)OC1(C)C. The van der Waals surface area contributed by atoms with E-state index >= 15 is 0 Å². The fourth-order valence-electron chi connectivity index (χ4n) is 3.39. The molecule has 7 heteroatoms. The van der Waals surface area contributed by atoms with Crippen LogP contribution in [0.15, 0.2) is 60.7 Å². The van der Waals surface area contributed by atoms with Crippen LogP contribution in [-0.4, -0.2) is 49.8 Å². The maximum atomic E-state index is 12.6. The molecule has 0 aliphatic carbocycles. The molecular weight excluding hydrogens is 388 g/mol. The summed E-state index contributed by atoms with van der Waals surface area (Å²) in [5, 5.41) is 0. The molecule has 7 nitrogen and oxygen atoms in total. The molecule has 3 rings (SSSR count). The van der Waals surface area contributed by atoms with Crippen LogP contribution in [0.5, 0.6) is 0 Å². The lowest BCUT2D eigenvalue weighted by Gasteiger charge is -2.44. The Morgan fingerprint density at radius 2 is 1.67 bits per heavy atom. The number of methoxy groups -OCH3 is 1. The minimum atomic E-state index is -1.28. The molecule has 30 heavy (non-hydrogen) atoms. The summed E-state index contributed by atoms with van der Waals surface area (Å²) in [7, 11) is 1.49. The fourth-order valence-corrected chi connectivity index (χ4v) is 3.39. The van der Waals surface area contributed by atoms with E-state index < -0.39 is 35.9 Å². The average molecular weight is 414 g/mol. The highest BCUT2D eigenvalue weighted by Crippen LogP contribution is 2.32. The first-order chi connectivity index (χ1) is 14.4. The molecular formula is C23H26O7.